The summed E-state index contributed by atoms with van der Waals surface area (Å²) in [6.07, 6.45) is 0.278. The lowest BCUT2D eigenvalue weighted by Gasteiger charge is -2.33. The molecule has 0 aromatic heterocycles. The number of imide groups is 1. The summed E-state index contributed by atoms with van der Waals surface area (Å²) in [6, 6.07) is 10.8. The fourth-order valence-electron chi connectivity index (χ4n) is 3.94. The van der Waals surface area contributed by atoms with E-state index in [0.29, 0.717) is 16.9 Å². The quantitative estimate of drug-likeness (QED) is 0.738. The van der Waals surface area contributed by atoms with Crippen molar-refractivity contribution in [3.05, 3.63) is 59.4 Å². The number of hydrogen-bond donors (Lipinski definition) is 1. The maximum atomic E-state index is 13.9. The van der Waals surface area contributed by atoms with E-state index in [-0.39, 0.29) is 25.3 Å². The van der Waals surface area contributed by atoms with Gasteiger partial charge in [-0.25, -0.2) is 9.18 Å². The van der Waals surface area contributed by atoms with Gasteiger partial charge in [0.05, 0.1) is 13.7 Å². The average Bonchev–Trinajstić information content (AvgIpc) is 2.99. The van der Waals surface area contributed by atoms with Crippen molar-refractivity contribution in [2.24, 2.45) is 0 Å². The zero-order valence-electron chi connectivity index (χ0n) is 17.2. The number of para-hydroxylation sites is 1. The predicted molar refractivity (Wildman–Crippen MR) is 108 cm³/mol. The number of benzene rings is 2. The molecular formula is C22H22FN3O5. The second-order valence-corrected chi connectivity index (χ2v) is 7.54. The molecule has 9 heteroatoms. The fraction of sp³-hybridized carbons (Fsp3) is 0.318. The number of ether oxygens (including phenoxy) is 2. The second-order valence-electron chi connectivity index (χ2n) is 7.54. The van der Waals surface area contributed by atoms with E-state index in [2.05, 4.69) is 5.32 Å². The summed E-state index contributed by atoms with van der Waals surface area (Å²) < 4.78 is 24.4. The van der Waals surface area contributed by atoms with Gasteiger partial charge in [-0.05, 0) is 23.8 Å². The fourth-order valence-corrected chi connectivity index (χ4v) is 3.94. The maximum Gasteiger partial charge on any atom is 0.325 e. The predicted octanol–water partition coefficient (Wildman–Crippen LogP) is 2.02. The minimum Gasteiger partial charge on any atom is -0.494 e. The molecule has 4 rings (SSSR count). The molecule has 8 nitrogen and oxygen atoms in total. The van der Waals surface area contributed by atoms with Gasteiger partial charge in [-0.15, -0.1) is 0 Å². The van der Waals surface area contributed by atoms with Crippen molar-refractivity contribution < 1.29 is 28.2 Å². The zero-order chi connectivity index (χ0) is 22.2. The molecule has 1 spiro atoms. The van der Waals surface area contributed by atoms with Crippen LogP contribution in [0.5, 0.6) is 11.5 Å². The molecule has 1 atom stereocenters. The van der Waals surface area contributed by atoms with Crippen LogP contribution in [0.2, 0.25) is 0 Å². The molecule has 0 saturated carbocycles. The van der Waals surface area contributed by atoms with Gasteiger partial charge < -0.3 is 19.7 Å². The molecule has 0 bridgehead atoms. The van der Waals surface area contributed by atoms with Crippen LogP contribution in [0.4, 0.5) is 9.18 Å². The summed E-state index contributed by atoms with van der Waals surface area (Å²) >= 11 is 0. The number of nitrogens with zero attached hydrogens (tertiary/aromatic N) is 2. The Bertz CT molecular complexity index is 1060. The van der Waals surface area contributed by atoms with Crippen molar-refractivity contribution in [2.75, 3.05) is 27.3 Å². The van der Waals surface area contributed by atoms with E-state index in [1.165, 1.54) is 31.2 Å². The van der Waals surface area contributed by atoms with Gasteiger partial charge in [0.2, 0.25) is 5.91 Å². The standard InChI is InChI=1S/C22H22FN3O5/c1-25(12-14-7-8-18(30-2)16(23)11-14)19(27)13-26-20(28)22(24-21(26)29)9-10-31-17-6-4-3-5-15(17)22/h3-8,11H,9-10,12-13H2,1-2H3,(H,24,29). The molecule has 1 N–H and O–H groups in total. The smallest absolute Gasteiger partial charge is 0.325 e. The summed E-state index contributed by atoms with van der Waals surface area (Å²) in [5.74, 6) is -0.814. The maximum absolute atomic E-state index is 13.9. The highest BCUT2D eigenvalue weighted by Crippen LogP contribution is 2.40. The first-order valence-electron chi connectivity index (χ1n) is 9.78. The van der Waals surface area contributed by atoms with Crippen LogP contribution in [0.25, 0.3) is 0 Å². The van der Waals surface area contributed by atoms with Crippen LogP contribution >= 0.6 is 0 Å². The van der Waals surface area contributed by atoms with Gasteiger partial charge in [0, 0.05) is 25.6 Å². The second kappa shape index (κ2) is 7.90. The number of carbonyl (C=O) groups is 3. The average molecular weight is 427 g/mol. The van der Waals surface area contributed by atoms with Gasteiger partial charge >= 0.3 is 6.03 Å². The largest absolute Gasteiger partial charge is 0.494 e. The number of carbonyl (C=O) groups excluding carboxylic acids is 3. The molecule has 2 aliphatic rings. The Labute approximate surface area is 178 Å². The Morgan fingerprint density at radius 3 is 2.81 bits per heavy atom. The van der Waals surface area contributed by atoms with Crippen LogP contribution in [0.3, 0.4) is 0 Å². The number of hydrogen-bond acceptors (Lipinski definition) is 5. The third-order valence-electron chi connectivity index (χ3n) is 5.61. The first kappa shape index (κ1) is 20.6. The SMILES string of the molecule is COc1ccc(CN(C)C(=O)CN2C(=O)NC3(CCOc4ccccc43)C2=O)cc1F. The van der Waals surface area contributed by atoms with Crippen molar-refractivity contribution in [1.29, 1.82) is 0 Å². The molecule has 2 aliphatic heterocycles. The Morgan fingerprint density at radius 1 is 1.29 bits per heavy atom. The molecule has 2 aromatic carbocycles. The van der Waals surface area contributed by atoms with E-state index in [4.69, 9.17) is 9.47 Å². The van der Waals surface area contributed by atoms with E-state index < -0.39 is 35.7 Å². The van der Waals surface area contributed by atoms with Crippen LogP contribution in [-0.2, 0) is 21.7 Å². The number of amides is 4. The minimum absolute atomic E-state index is 0.110. The van der Waals surface area contributed by atoms with Gasteiger partial charge in [-0.1, -0.05) is 24.3 Å². The molecule has 0 radical (unpaired) electrons. The number of likely N-dealkylation sites (N-methyl/N-ethyl adjacent to an activating group) is 1. The van der Waals surface area contributed by atoms with Crippen molar-refractivity contribution in [3.8, 4) is 11.5 Å². The lowest BCUT2D eigenvalue weighted by molar-refractivity contribution is -0.139. The summed E-state index contributed by atoms with van der Waals surface area (Å²) in [4.78, 5) is 40.9. The Balaban J connectivity index is 1.48. The molecule has 162 valence electrons. The highest BCUT2D eigenvalue weighted by molar-refractivity contribution is 6.09. The van der Waals surface area contributed by atoms with Gasteiger partial charge in [0.15, 0.2) is 17.1 Å². The van der Waals surface area contributed by atoms with E-state index in [1.807, 2.05) is 0 Å². The van der Waals surface area contributed by atoms with Gasteiger partial charge in [0.1, 0.15) is 12.3 Å². The highest BCUT2D eigenvalue weighted by Gasteiger charge is 2.55. The Hall–Kier alpha value is -3.62. The zero-order valence-corrected chi connectivity index (χ0v) is 17.2. The van der Waals surface area contributed by atoms with Crippen LogP contribution in [0.1, 0.15) is 17.5 Å². The van der Waals surface area contributed by atoms with Gasteiger partial charge in [0.25, 0.3) is 5.91 Å². The highest BCUT2D eigenvalue weighted by atomic mass is 19.1. The Kier molecular flexibility index (Phi) is 5.26. The first-order chi connectivity index (χ1) is 14.9. The minimum atomic E-state index is -1.23. The summed E-state index contributed by atoms with van der Waals surface area (Å²) in [7, 11) is 2.90. The van der Waals surface area contributed by atoms with Crippen LogP contribution in [0.15, 0.2) is 42.5 Å². The van der Waals surface area contributed by atoms with Gasteiger partial charge in [-0.2, -0.15) is 0 Å². The number of rotatable bonds is 5. The van der Waals surface area contributed by atoms with Crippen molar-refractivity contribution in [3.63, 3.8) is 0 Å². The lowest BCUT2D eigenvalue weighted by Crippen LogP contribution is -2.48. The van der Waals surface area contributed by atoms with Gasteiger partial charge in [-0.3, -0.25) is 14.5 Å². The number of halogens is 1. The third-order valence-corrected chi connectivity index (χ3v) is 5.61. The molecule has 2 heterocycles. The molecule has 1 unspecified atom stereocenters. The number of fused-ring (bicyclic) bond motifs is 2. The summed E-state index contributed by atoms with van der Waals surface area (Å²) in [5.41, 5.74) is -0.0954. The van der Waals surface area contributed by atoms with Crippen LogP contribution in [0, 0.1) is 5.82 Å². The molecular weight excluding hydrogens is 405 g/mol. The van der Waals surface area contributed by atoms with E-state index in [1.54, 1.807) is 30.3 Å². The van der Waals surface area contributed by atoms with Crippen molar-refractivity contribution >= 4 is 17.8 Å². The lowest BCUT2D eigenvalue weighted by atomic mass is 9.84. The third kappa shape index (κ3) is 3.56. The van der Waals surface area contributed by atoms with Crippen molar-refractivity contribution in [1.82, 2.24) is 15.1 Å². The monoisotopic (exact) mass is 427 g/mol. The molecule has 1 fully saturated rings. The van der Waals surface area contributed by atoms with E-state index >= 15 is 0 Å². The van der Waals surface area contributed by atoms with E-state index in [0.717, 1.165) is 4.90 Å². The first-order valence-corrected chi connectivity index (χ1v) is 9.78. The molecule has 31 heavy (non-hydrogen) atoms. The molecule has 0 aliphatic carbocycles. The van der Waals surface area contributed by atoms with Crippen LogP contribution < -0.4 is 14.8 Å². The molecule has 1 saturated heterocycles. The molecule has 4 amide bonds. The molecule has 2 aromatic rings. The van der Waals surface area contributed by atoms with Crippen molar-refractivity contribution in [2.45, 2.75) is 18.5 Å². The normalized spacial score (nSPS) is 19.6. The van der Waals surface area contributed by atoms with E-state index in [9.17, 15) is 18.8 Å². The van der Waals surface area contributed by atoms with Crippen LogP contribution in [-0.4, -0.2) is 55.0 Å². The summed E-state index contributed by atoms with van der Waals surface area (Å²) in [5, 5.41) is 2.76. The summed E-state index contributed by atoms with van der Waals surface area (Å²) in [6.45, 7) is -0.0243. The Morgan fingerprint density at radius 2 is 2.06 bits per heavy atom. The topological polar surface area (TPSA) is 88.2 Å². The number of methoxy groups -OCH3 is 1. The number of urea groups is 1. The number of nitrogens with one attached hydrogen (secondary N) is 1.